The van der Waals surface area contributed by atoms with E-state index in [1.807, 2.05) is 0 Å². The molecule has 4 aromatic rings. The molecule has 0 aliphatic carbocycles. The van der Waals surface area contributed by atoms with Crippen LogP contribution in [0.1, 0.15) is 16.7 Å². The minimum Gasteiger partial charge on any atom is -0.496 e. The smallest absolute Gasteiger partial charge is 0.411 e. The van der Waals surface area contributed by atoms with Gasteiger partial charge in [-0.3, -0.25) is 0 Å². The van der Waals surface area contributed by atoms with Gasteiger partial charge >= 0.3 is 12.4 Å². The summed E-state index contributed by atoms with van der Waals surface area (Å²) in [6, 6.07) is 22.7. The van der Waals surface area contributed by atoms with Crippen LogP contribution in [-0.4, -0.2) is 19.5 Å². The van der Waals surface area contributed by atoms with Crippen molar-refractivity contribution in [2.75, 3.05) is 7.11 Å². The minimum atomic E-state index is -5.70. The molecule has 0 saturated carbocycles. The van der Waals surface area contributed by atoms with Crippen molar-refractivity contribution in [2.45, 2.75) is 24.7 Å². The van der Waals surface area contributed by atoms with Gasteiger partial charge in [0.2, 0.25) is 5.41 Å². The molecule has 0 spiro atoms. The topological polar surface area (TPSA) is 9.23 Å². The van der Waals surface area contributed by atoms with Crippen molar-refractivity contribution in [1.29, 1.82) is 0 Å². The van der Waals surface area contributed by atoms with Gasteiger partial charge in [0.15, 0.2) is 0 Å². The number of alkyl halides is 6. The molecule has 0 bridgehead atoms. The molecule has 1 nitrogen and oxygen atoms in total. The molecule has 36 heavy (non-hydrogen) atoms. The van der Waals surface area contributed by atoms with Gasteiger partial charge in [-0.15, -0.1) is 0 Å². The Balaban J connectivity index is 2.07. The maximum Gasteiger partial charge on any atom is 0.411 e. The predicted octanol–water partition coefficient (Wildman–Crippen LogP) is 8.75. The molecule has 0 aliphatic rings. The molecule has 0 aromatic heterocycles. The molecule has 0 amide bonds. The van der Waals surface area contributed by atoms with E-state index in [0.29, 0.717) is 22.3 Å². The fraction of sp³-hybridized carbons (Fsp3) is 0.172. The zero-order chi connectivity index (χ0) is 26.1. The van der Waals surface area contributed by atoms with Gasteiger partial charge in [-0.2, -0.15) is 26.3 Å². The van der Waals surface area contributed by atoms with E-state index < -0.39 is 28.9 Å². The molecule has 0 saturated heterocycles. The quantitative estimate of drug-likeness (QED) is 0.249. The second-order valence-corrected chi connectivity index (χ2v) is 8.42. The van der Waals surface area contributed by atoms with E-state index in [9.17, 15) is 26.3 Å². The third-order valence-electron chi connectivity index (χ3n) is 6.32. The zero-order valence-corrected chi connectivity index (χ0v) is 19.4. The number of ether oxygens (including phenoxy) is 1. The van der Waals surface area contributed by atoms with Crippen LogP contribution in [0.25, 0.3) is 22.3 Å². The molecule has 4 rings (SSSR count). The number of halogens is 6. The maximum absolute atomic E-state index is 14.8. The van der Waals surface area contributed by atoms with Crippen molar-refractivity contribution in [3.8, 4) is 28.0 Å². The highest BCUT2D eigenvalue weighted by atomic mass is 19.4. The highest BCUT2D eigenvalue weighted by Gasteiger charge is 2.72. The largest absolute Gasteiger partial charge is 0.496 e. The molecule has 7 heteroatoms. The number of benzene rings is 4. The van der Waals surface area contributed by atoms with Gasteiger partial charge in [-0.25, -0.2) is 0 Å². The first-order valence-electron chi connectivity index (χ1n) is 11.0. The van der Waals surface area contributed by atoms with Crippen LogP contribution >= 0.6 is 0 Å². The van der Waals surface area contributed by atoms with E-state index in [0.717, 1.165) is 30.3 Å². The van der Waals surface area contributed by atoms with E-state index in [-0.39, 0.29) is 11.3 Å². The summed E-state index contributed by atoms with van der Waals surface area (Å²) in [5.74, 6) is 0.164. The van der Waals surface area contributed by atoms with Gasteiger partial charge in [0.05, 0.1) is 7.11 Å². The Morgan fingerprint density at radius 1 is 0.556 bits per heavy atom. The Kier molecular flexibility index (Phi) is 6.60. The molecule has 4 aromatic carbocycles. The van der Waals surface area contributed by atoms with Gasteiger partial charge in [0.25, 0.3) is 0 Å². The Hall–Kier alpha value is -3.74. The molecule has 0 aliphatic heterocycles. The third kappa shape index (κ3) is 4.23. The molecule has 0 unspecified atom stereocenters. The van der Waals surface area contributed by atoms with E-state index in [1.165, 1.54) is 13.2 Å². The number of methoxy groups -OCH3 is 1. The lowest BCUT2D eigenvalue weighted by atomic mass is 9.71. The Morgan fingerprint density at radius 2 is 1.00 bits per heavy atom. The van der Waals surface area contributed by atoms with Crippen molar-refractivity contribution in [3.05, 3.63) is 114 Å². The lowest BCUT2D eigenvalue weighted by molar-refractivity contribution is -0.288. The standard InChI is InChI=1S/C29H22F6O/c1-19-13-14-22(17-24(19)20-9-5-3-6-10-20)27(28(30,31)32,29(33,34)35)23-15-16-26(36-2)25(18-23)21-11-7-4-8-12-21/h3-18H,1-2H3. The third-order valence-corrected chi connectivity index (χ3v) is 6.32. The molecule has 0 fully saturated rings. The number of aryl methyl sites for hydroxylation is 1. The summed E-state index contributed by atoms with van der Waals surface area (Å²) in [5, 5.41) is 0. The summed E-state index contributed by atoms with van der Waals surface area (Å²) >= 11 is 0. The van der Waals surface area contributed by atoms with Gasteiger partial charge in [0, 0.05) is 5.56 Å². The second-order valence-electron chi connectivity index (χ2n) is 8.42. The fourth-order valence-electron chi connectivity index (χ4n) is 4.55. The summed E-state index contributed by atoms with van der Waals surface area (Å²) in [6.07, 6.45) is -11.4. The summed E-state index contributed by atoms with van der Waals surface area (Å²) in [5.41, 5.74) is -4.18. The molecule has 0 atom stereocenters. The molecular formula is C29H22F6O. The minimum absolute atomic E-state index is 0.129. The summed E-state index contributed by atoms with van der Waals surface area (Å²) in [7, 11) is 1.31. The van der Waals surface area contributed by atoms with Crippen LogP contribution in [0.5, 0.6) is 5.75 Å². The first kappa shape index (κ1) is 25.4. The Morgan fingerprint density at radius 3 is 1.47 bits per heavy atom. The SMILES string of the molecule is COc1ccc(C(c2ccc(C)c(-c3ccccc3)c2)(C(F)(F)F)C(F)(F)F)cc1-c1ccccc1. The number of hydrogen-bond donors (Lipinski definition) is 0. The summed E-state index contributed by atoms with van der Waals surface area (Å²) in [4.78, 5) is 0. The van der Waals surface area contributed by atoms with Crippen LogP contribution < -0.4 is 4.74 Å². The van der Waals surface area contributed by atoms with E-state index >= 15 is 0 Å². The second kappa shape index (κ2) is 9.37. The van der Waals surface area contributed by atoms with Gasteiger partial charge in [-0.05, 0) is 58.5 Å². The maximum atomic E-state index is 14.8. The lowest BCUT2D eigenvalue weighted by Crippen LogP contribution is -2.54. The first-order valence-corrected chi connectivity index (χ1v) is 11.0. The molecule has 186 valence electrons. The first-order chi connectivity index (χ1) is 17.0. The number of rotatable bonds is 5. The van der Waals surface area contributed by atoms with Crippen molar-refractivity contribution in [2.24, 2.45) is 0 Å². The average molecular weight is 500 g/mol. The van der Waals surface area contributed by atoms with Gasteiger partial charge in [0.1, 0.15) is 5.75 Å². The Labute approximate surface area is 205 Å². The lowest BCUT2D eigenvalue weighted by Gasteiger charge is -2.39. The van der Waals surface area contributed by atoms with Crippen molar-refractivity contribution in [3.63, 3.8) is 0 Å². The van der Waals surface area contributed by atoms with Gasteiger partial charge < -0.3 is 4.74 Å². The molecule has 0 N–H and O–H groups in total. The monoisotopic (exact) mass is 500 g/mol. The molecule has 0 radical (unpaired) electrons. The van der Waals surface area contributed by atoms with Crippen LogP contribution in [0.2, 0.25) is 0 Å². The Bertz CT molecular complexity index is 1330. The number of hydrogen-bond acceptors (Lipinski definition) is 1. The average Bonchev–Trinajstić information content (AvgIpc) is 2.84. The normalized spacial score (nSPS) is 12.4. The molecule has 0 heterocycles. The molecular weight excluding hydrogens is 478 g/mol. The van der Waals surface area contributed by atoms with Crippen molar-refractivity contribution < 1.29 is 31.1 Å². The van der Waals surface area contributed by atoms with E-state index in [1.54, 1.807) is 67.6 Å². The highest BCUT2D eigenvalue weighted by molar-refractivity contribution is 5.73. The van der Waals surface area contributed by atoms with Crippen LogP contribution in [0.15, 0.2) is 97.1 Å². The highest BCUT2D eigenvalue weighted by Crippen LogP contribution is 2.57. The van der Waals surface area contributed by atoms with Gasteiger partial charge in [-0.1, -0.05) is 78.9 Å². The predicted molar refractivity (Wildman–Crippen MR) is 128 cm³/mol. The van der Waals surface area contributed by atoms with Crippen molar-refractivity contribution in [1.82, 2.24) is 0 Å². The van der Waals surface area contributed by atoms with E-state index in [4.69, 9.17) is 4.74 Å². The van der Waals surface area contributed by atoms with Crippen LogP contribution in [0.4, 0.5) is 26.3 Å². The van der Waals surface area contributed by atoms with Crippen molar-refractivity contribution >= 4 is 0 Å². The fourth-order valence-corrected chi connectivity index (χ4v) is 4.55. The summed E-state index contributed by atoms with van der Waals surface area (Å²) in [6.45, 7) is 1.65. The van der Waals surface area contributed by atoms with Crippen LogP contribution in [0, 0.1) is 6.92 Å². The van der Waals surface area contributed by atoms with Crippen LogP contribution in [-0.2, 0) is 5.41 Å². The van der Waals surface area contributed by atoms with Crippen LogP contribution in [0.3, 0.4) is 0 Å². The zero-order valence-electron chi connectivity index (χ0n) is 19.4. The van der Waals surface area contributed by atoms with E-state index in [2.05, 4.69) is 0 Å². The summed E-state index contributed by atoms with van der Waals surface area (Å²) < 4.78 is 94.3.